The number of β-amino-alcohol motifs (C(OH)–C–C–N with tert-alkyl or cyclic N) is 1. The van der Waals surface area contributed by atoms with Crippen molar-refractivity contribution in [3.8, 4) is 17.0 Å². The second kappa shape index (κ2) is 15.2. The fraction of sp³-hybridized carbons (Fsp3) is 0.345. The molecule has 2 saturated heterocycles. The zero-order valence-corrected chi connectivity index (χ0v) is 25.4. The Balaban J connectivity index is 0.00000160. The maximum Gasteiger partial charge on any atom is 0.387 e. The summed E-state index contributed by atoms with van der Waals surface area (Å²) < 4.78 is 58.9. The smallest absolute Gasteiger partial charge is 0.387 e. The average molecular weight is 685 g/mol. The fourth-order valence-electron chi connectivity index (χ4n) is 5.17. The molecule has 47 heavy (non-hydrogen) atoms. The Labute approximate surface area is 269 Å². The lowest BCUT2D eigenvalue weighted by Gasteiger charge is -2.36. The second-order valence-electron chi connectivity index (χ2n) is 10.4. The van der Waals surface area contributed by atoms with Crippen molar-refractivity contribution in [2.24, 2.45) is 7.05 Å². The summed E-state index contributed by atoms with van der Waals surface area (Å²) in [6.07, 6.45) is 0.919. The van der Waals surface area contributed by atoms with Crippen LogP contribution in [0.15, 0.2) is 36.5 Å². The van der Waals surface area contributed by atoms with Crippen molar-refractivity contribution < 1.29 is 51.7 Å². The van der Waals surface area contributed by atoms with Crippen LogP contribution in [0.25, 0.3) is 11.3 Å². The van der Waals surface area contributed by atoms with Crippen LogP contribution < -0.4 is 15.4 Å². The van der Waals surface area contributed by atoms with Crippen molar-refractivity contribution in [2.75, 3.05) is 38.0 Å². The van der Waals surface area contributed by atoms with Gasteiger partial charge in [-0.25, -0.2) is 9.37 Å². The maximum absolute atomic E-state index is 14.6. The zero-order valence-electron chi connectivity index (χ0n) is 24.6. The molecule has 0 unspecified atom stereocenters. The number of halogens is 5. The van der Waals surface area contributed by atoms with Crippen LogP contribution in [-0.4, -0.2) is 105 Å². The topological polar surface area (TPSA) is 166 Å². The summed E-state index contributed by atoms with van der Waals surface area (Å²) in [5.41, 5.74) is 0.0888. The van der Waals surface area contributed by atoms with Crippen LogP contribution in [0.2, 0.25) is 5.02 Å². The van der Waals surface area contributed by atoms with Crippen LogP contribution in [-0.2, 0) is 16.6 Å². The van der Waals surface area contributed by atoms with Crippen molar-refractivity contribution in [3.63, 3.8) is 0 Å². The van der Waals surface area contributed by atoms with E-state index >= 15 is 0 Å². The van der Waals surface area contributed by atoms with Crippen LogP contribution in [0.3, 0.4) is 0 Å². The number of nitrogens with one attached hydrogen (secondary N) is 2. The predicted molar refractivity (Wildman–Crippen MR) is 158 cm³/mol. The Morgan fingerprint density at radius 1 is 1.11 bits per heavy atom. The summed E-state index contributed by atoms with van der Waals surface area (Å²) in [4.78, 5) is 54.3. The van der Waals surface area contributed by atoms with Crippen molar-refractivity contribution in [3.05, 3.63) is 64.6 Å². The molecule has 252 valence electrons. The van der Waals surface area contributed by atoms with E-state index in [1.54, 1.807) is 9.80 Å². The fourth-order valence-corrected chi connectivity index (χ4v) is 5.43. The summed E-state index contributed by atoms with van der Waals surface area (Å²) >= 11 is 6.39. The molecule has 3 heterocycles. The lowest BCUT2D eigenvalue weighted by atomic mass is 10.1. The highest BCUT2D eigenvalue weighted by molar-refractivity contribution is 6.34. The van der Waals surface area contributed by atoms with E-state index in [1.807, 2.05) is 0 Å². The molecule has 13 nitrogen and oxygen atoms in total. The van der Waals surface area contributed by atoms with Crippen LogP contribution in [0.1, 0.15) is 27.4 Å². The summed E-state index contributed by atoms with van der Waals surface area (Å²) in [6.45, 7) is -1.97. The number of nitrogens with zero attached hydrogens (tertiary/aromatic N) is 4. The Bertz CT molecular complexity index is 1650. The van der Waals surface area contributed by atoms with E-state index in [9.17, 15) is 37.1 Å². The van der Waals surface area contributed by atoms with E-state index in [-0.39, 0.29) is 51.6 Å². The number of hydrogen-bond donors (Lipinski definition) is 4. The molecule has 2 aromatic carbocycles. The van der Waals surface area contributed by atoms with Gasteiger partial charge in [0.2, 0.25) is 11.7 Å². The van der Waals surface area contributed by atoms with Gasteiger partial charge in [0.15, 0.2) is 17.4 Å². The summed E-state index contributed by atoms with van der Waals surface area (Å²) in [5.74, 6) is -5.39. The third kappa shape index (κ3) is 7.98. The molecule has 1 aromatic heterocycles. The van der Waals surface area contributed by atoms with E-state index < -0.39 is 42.0 Å². The molecule has 2 fully saturated rings. The molecule has 0 radical (unpaired) electrons. The van der Waals surface area contributed by atoms with Gasteiger partial charge in [0.1, 0.15) is 0 Å². The molecule has 5 rings (SSSR count). The minimum atomic E-state index is -3.34. The molecular weight excluding hydrogens is 656 g/mol. The first-order valence-electron chi connectivity index (χ1n) is 14.0. The van der Waals surface area contributed by atoms with Crippen LogP contribution in [0.5, 0.6) is 5.75 Å². The summed E-state index contributed by atoms with van der Waals surface area (Å²) in [7, 11) is 1.38. The normalized spacial score (nSPS) is 17.6. The SMILES string of the molecule is Cn1c(-c2ccc(OC(F)F)c(F)c2F)cnc1C(=O)Nc1ccc(C(=O)N2CCN(C(=O)[C@@H]3C[C@@H](O)CN3)CC2)c(Cl)c1.O=CO. The number of aliphatic hydroxyl groups is 1. The molecule has 18 heteroatoms. The average Bonchev–Trinajstić information content (AvgIpc) is 3.64. The lowest BCUT2D eigenvalue weighted by Crippen LogP contribution is -2.54. The first kappa shape index (κ1) is 35.1. The monoisotopic (exact) mass is 684 g/mol. The van der Waals surface area contributed by atoms with Crippen molar-refractivity contribution in [2.45, 2.75) is 25.2 Å². The van der Waals surface area contributed by atoms with Gasteiger partial charge >= 0.3 is 6.61 Å². The number of alkyl halides is 2. The molecule has 0 spiro atoms. The van der Waals surface area contributed by atoms with Crippen molar-refractivity contribution in [1.29, 1.82) is 0 Å². The number of imidazole rings is 1. The quantitative estimate of drug-likeness (QED) is 0.216. The van der Waals surface area contributed by atoms with Crippen LogP contribution >= 0.6 is 11.6 Å². The van der Waals surface area contributed by atoms with Gasteiger partial charge in [-0.3, -0.25) is 19.2 Å². The minimum Gasteiger partial charge on any atom is -0.483 e. The predicted octanol–water partition coefficient (Wildman–Crippen LogP) is 2.58. The Kier molecular flexibility index (Phi) is 11.4. The third-order valence-corrected chi connectivity index (χ3v) is 7.78. The molecule has 2 aliphatic heterocycles. The number of carbonyl (C=O) groups excluding carboxylic acids is 3. The minimum absolute atomic E-state index is 0.00646. The number of amides is 3. The Morgan fingerprint density at radius 2 is 1.77 bits per heavy atom. The van der Waals surface area contributed by atoms with Crippen LogP contribution in [0.4, 0.5) is 23.2 Å². The number of ether oxygens (including phenoxy) is 1. The number of carbonyl (C=O) groups is 4. The number of aromatic nitrogens is 2. The van der Waals surface area contributed by atoms with E-state index in [1.165, 1.54) is 29.8 Å². The van der Waals surface area contributed by atoms with Gasteiger partial charge in [0.05, 0.1) is 34.6 Å². The van der Waals surface area contributed by atoms with Gasteiger partial charge in [0.25, 0.3) is 18.3 Å². The number of aliphatic hydroxyl groups excluding tert-OH is 1. The van der Waals surface area contributed by atoms with E-state index in [2.05, 4.69) is 20.4 Å². The van der Waals surface area contributed by atoms with Gasteiger partial charge in [-0.05, 0) is 36.8 Å². The number of carboxylic acid groups (broad SMARTS) is 1. The molecular formula is C29H29ClF4N6O7. The highest BCUT2D eigenvalue weighted by atomic mass is 35.5. The second-order valence-corrected chi connectivity index (χ2v) is 10.8. The van der Waals surface area contributed by atoms with Crippen molar-refractivity contribution in [1.82, 2.24) is 24.7 Å². The van der Waals surface area contributed by atoms with Gasteiger partial charge in [-0.2, -0.15) is 13.2 Å². The number of piperazine rings is 1. The van der Waals surface area contributed by atoms with E-state index in [0.717, 1.165) is 18.3 Å². The summed E-state index contributed by atoms with van der Waals surface area (Å²) in [5, 5.41) is 22.2. The number of anilines is 1. The maximum atomic E-state index is 14.6. The molecule has 4 N–H and O–H groups in total. The zero-order chi connectivity index (χ0) is 34.4. The molecule has 3 amide bonds. The number of benzene rings is 2. The van der Waals surface area contributed by atoms with Crippen molar-refractivity contribution >= 4 is 41.5 Å². The molecule has 2 aliphatic rings. The highest BCUT2D eigenvalue weighted by Gasteiger charge is 2.34. The highest BCUT2D eigenvalue weighted by Crippen LogP contribution is 2.31. The standard InChI is InChI=1S/C28H27ClF4N6O5.CH2O2/c1-37-20(17-4-5-21(44-28(32)33)23(31)22(17)30)13-35-24(37)25(41)36-14-2-3-16(18(29)10-14)26(42)38-6-8-39(9-7-38)27(43)19-11-15(40)12-34-19;2-1-3/h2-5,10,13,15,19,28,34,40H,6-9,11-12H2,1H3,(H,36,41);1H,(H,2,3)/t15-,19+;/m1./s1. The van der Waals surface area contributed by atoms with E-state index in [0.29, 0.717) is 39.1 Å². The van der Waals surface area contributed by atoms with E-state index in [4.69, 9.17) is 21.5 Å². The molecule has 2 atom stereocenters. The molecule has 0 aliphatic carbocycles. The molecule has 3 aromatic rings. The van der Waals surface area contributed by atoms with Crippen LogP contribution in [0, 0.1) is 11.6 Å². The van der Waals surface area contributed by atoms with Gasteiger partial charge in [-0.1, -0.05) is 11.6 Å². The van der Waals surface area contributed by atoms with Gasteiger partial charge in [0, 0.05) is 51.0 Å². The molecule has 0 saturated carbocycles. The number of hydrogen-bond acceptors (Lipinski definition) is 8. The summed E-state index contributed by atoms with van der Waals surface area (Å²) in [6, 6.07) is 5.73. The first-order valence-corrected chi connectivity index (χ1v) is 14.4. The van der Waals surface area contributed by atoms with Gasteiger partial charge < -0.3 is 40.0 Å². The lowest BCUT2D eigenvalue weighted by molar-refractivity contribution is -0.134. The Hall–Kier alpha value is -4.74. The van der Waals surface area contributed by atoms with Gasteiger partial charge in [-0.15, -0.1) is 0 Å². The largest absolute Gasteiger partial charge is 0.483 e. The third-order valence-electron chi connectivity index (χ3n) is 7.47. The Morgan fingerprint density at radius 3 is 2.36 bits per heavy atom. The first-order chi connectivity index (χ1) is 22.4. The number of rotatable bonds is 7. The molecule has 0 bridgehead atoms.